The van der Waals surface area contributed by atoms with E-state index in [1.165, 1.54) is 27.7 Å². The maximum absolute atomic E-state index is 4.58. The maximum atomic E-state index is 4.58. The molecule has 30 heavy (non-hydrogen) atoms. The lowest BCUT2D eigenvalue weighted by Gasteiger charge is -1.83. The first-order chi connectivity index (χ1) is 14.5. The molecule has 0 saturated heterocycles. The summed E-state index contributed by atoms with van der Waals surface area (Å²) in [5, 5.41) is 4.74. The number of para-hydroxylation sites is 1. The van der Waals surface area contributed by atoms with Crippen molar-refractivity contribution in [2.45, 2.75) is 27.7 Å². The molecule has 0 spiro atoms. The van der Waals surface area contributed by atoms with Gasteiger partial charge in [-0.1, -0.05) is 29.4 Å². The Morgan fingerprint density at radius 3 is 1.90 bits per heavy atom. The van der Waals surface area contributed by atoms with Gasteiger partial charge in [0.15, 0.2) is 0 Å². The Balaban J connectivity index is 0.000000146. The van der Waals surface area contributed by atoms with Crippen LogP contribution in [0.4, 0.5) is 0 Å². The highest BCUT2D eigenvalue weighted by molar-refractivity contribution is 5.79. The number of benzene rings is 1. The summed E-state index contributed by atoms with van der Waals surface area (Å²) in [4.78, 5) is 11.0. The van der Waals surface area contributed by atoms with Crippen LogP contribution in [-0.2, 0) is 0 Å². The van der Waals surface area contributed by atoms with Crippen LogP contribution in [0.1, 0.15) is 22.6 Å². The van der Waals surface area contributed by atoms with Gasteiger partial charge in [0.05, 0.1) is 6.20 Å². The van der Waals surface area contributed by atoms with E-state index in [0.29, 0.717) is 0 Å². The highest BCUT2D eigenvalue weighted by atomic mass is 16.5. The first kappa shape index (κ1) is 22.6. The van der Waals surface area contributed by atoms with Crippen LogP contribution in [-0.4, -0.2) is 20.1 Å². The molecule has 0 atom stereocenters. The molecule has 0 aliphatic heterocycles. The third-order valence-electron chi connectivity index (χ3n) is 3.89. The molecular weight excluding hydrogens is 372 g/mol. The van der Waals surface area contributed by atoms with Crippen molar-refractivity contribution >= 4 is 10.9 Å². The number of nitrogens with zero attached hydrogens (tertiary/aromatic N) is 3. The van der Waals surface area contributed by atoms with E-state index in [-0.39, 0.29) is 0 Å². The van der Waals surface area contributed by atoms with Crippen molar-refractivity contribution < 1.29 is 4.52 Å². The predicted octanol–water partition coefficient (Wildman–Crippen LogP) is 6.24. The standard InChI is InChI=1S/C9H9N.2C6H7N.C4H5NO/c1-7-6-8-4-2-3-5-9(8)10-7;1-6-2-4-7-5-3-6;1-6-3-2-4-7-5-6;1-4-2-3-5-6-4/h2-6,10H,1H3;2*2-5H,1H3;2-3H,1H3. The van der Waals surface area contributed by atoms with Gasteiger partial charge >= 0.3 is 0 Å². The third kappa shape index (κ3) is 8.97. The van der Waals surface area contributed by atoms with Crippen LogP contribution in [0.25, 0.3) is 10.9 Å². The van der Waals surface area contributed by atoms with E-state index in [0.717, 1.165) is 5.76 Å². The lowest BCUT2D eigenvalue weighted by atomic mass is 10.2. The van der Waals surface area contributed by atoms with E-state index in [9.17, 15) is 0 Å². The molecule has 0 aliphatic rings. The van der Waals surface area contributed by atoms with E-state index < -0.39 is 0 Å². The molecule has 0 unspecified atom stereocenters. The largest absolute Gasteiger partial charge is 0.362 e. The van der Waals surface area contributed by atoms with Crippen molar-refractivity contribution in [2.75, 3.05) is 0 Å². The van der Waals surface area contributed by atoms with E-state index in [1.807, 2.05) is 57.3 Å². The summed E-state index contributed by atoms with van der Waals surface area (Å²) in [5.41, 5.74) is 4.92. The van der Waals surface area contributed by atoms with E-state index in [2.05, 4.69) is 55.8 Å². The summed E-state index contributed by atoms with van der Waals surface area (Å²) < 4.78 is 4.58. The van der Waals surface area contributed by atoms with Crippen LogP contribution < -0.4 is 0 Å². The molecule has 0 bridgehead atoms. The molecule has 0 radical (unpaired) electrons. The SMILES string of the molecule is Cc1cc2ccccc2[nH]1.Cc1cccnc1.Cc1ccncc1.Cc1ccno1. The fraction of sp³-hybridized carbons (Fsp3) is 0.160. The number of H-pyrrole nitrogens is 1. The molecule has 5 aromatic rings. The normalized spacial score (nSPS) is 9.33. The van der Waals surface area contributed by atoms with Gasteiger partial charge in [-0.15, -0.1) is 0 Å². The second kappa shape index (κ2) is 12.7. The molecular formula is C25H28N4O. The first-order valence-electron chi connectivity index (χ1n) is 9.69. The van der Waals surface area contributed by atoms with Crippen molar-refractivity contribution in [1.29, 1.82) is 0 Å². The monoisotopic (exact) mass is 400 g/mol. The minimum Gasteiger partial charge on any atom is -0.362 e. The van der Waals surface area contributed by atoms with E-state index >= 15 is 0 Å². The second-order valence-electron chi connectivity index (χ2n) is 6.72. The average molecular weight is 401 g/mol. The molecule has 4 heterocycles. The van der Waals surface area contributed by atoms with Crippen LogP contribution in [0.5, 0.6) is 0 Å². The van der Waals surface area contributed by atoms with Gasteiger partial charge in [0.1, 0.15) is 5.76 Å². The van der Waals surface area contributed by atoms with Crippen molar-refractivity contribution in [2.24, 2.45) is 0 Å². The van der Waals surface area contributed by atoms with Crippen LogP contribution in [0.3, 0.4) is 0 Å². The van der Waals surface area contributed by atoms with Gasteiger partial charge < -0.3 is 9.51 Å². The summed E-state index contributed by atoms with van der Waals surface area (Å²) >= 11 is 0. The Bertz CT molecular complexity index is 1000. The Kier molecular flexibility index (Phi) is 9.53. The number of pyridine rings is 2. The fourth-order valence-corrected chi connectivity index (χ4v) is 2.37. The number of aromatic amines is 1. The Morgan fingerprint density at radius 1 is 0.700 bits per heavy atom. The smallest absolute Gasteiger partial charge is 0.133 e. The van der Waals surface area contributed by atoms with Gasteiger partial charge in [0.25, 0.3) is 0 Å². The zero-order valence-corrected chi connectivity index (χ0v) is 17.9. The third-order valence-corrected chi connectivity index (χ3v) is 3.89. The van der Waals surface area contributed by atoms with Gasteiger partial charge in [-0.2, -0.15) is 0 Å². The molecule has 0 fully saturated rings. The molecule has 5 nitrogen and oxygen atoms in total. The Morgan fingerprint density at radius 2 is 1.47 bits per heavy atom. The van der Waals surface area contributed by atoms with Crippen LogP contribution in [0.15, 0.2) is 96.2 Å². The number of aryl methyl sites for hydroxylation is 4. The first-order valence-corrected chi connectivity index (χ1v) is 9.69. The van der Waals surface area contributed by atoms with Gasteiger partial charge in [-0.3, -0.25) is 9.97 Å². The average Bonchev–Trinajstić information content (AvgIpc) is 3.38. The van der Waals surface area contributed by atoms with Crippen molar-refractivity contribution in [3.8, 4) is 0 Å². The lowest BCUT2D eigenvalue weighted by molar-refractivity contribution is 0.397. The van der Waals surface area contributed by atoms with Crippen molar-refractivity contribution in [3.63, 3.8) is 0 Å². The zero-order valence-electron chi connectivity index (χ0n) is 17.9. The van der Waals surface area contributed by atoms with Crippen LogP contribution >= 0.6 is 0 Å². The van der Waals surface area contributed by atoms with Gasteiger partial charge in [-0.05, 0) is 74.5 Å². The van der Waals surface area contributed by atoms with E-state index in [4.69, 9.17) is 0 Å². The van der Waals surface area contributed by atoms with Gasteiger partial charge in [-0.25, -0.2) is 0 Å². The molecule has 154 valence electrons. The van der Waals surface area contributed by atoms with Crippen LogP contribution in [0.2, 0.25) is 0 Å². The predicted molar refractivity (Wildman–Crippen MR) is 122 cm³/mol. The Hall–Kier alpha value is -3.73. The molecule has 1 aromatic carbocycles. The quantitative estimate of drug-likeness (QED) is 0.334. The summed E-state index contributed by atoms with van der Waals surface area (Å²) in [6.07, 6.45) is 8.80. The number of fused-ring (bicyclic) bond motifs is 1. The number of nitrogens with one attached hydrogen (secondary N) is 1. The summed E-state index contributed by atoms with van der Waals surface area (Å²) in [7, 11) is 0. The van der Waals surface area contributed by atoms with Crippen molar-refractivity contribution in [1.82, 2.24) is 20.1 Å². The molecule has 0 amide bonds. The topological polar surface area (TPSA) is 67.6 Å². The number of hydrogen-bond acceptors (Lipinski definition) is 4. The van der Waals surface area contributed by atoms with Gasteiger partial charge in [0, 0.05) is 42.1 Å². The highest BCUT2D eigenvalue weighted by Crippen LogP contribution is 2.12. The minimum absolute atomic E-state index is 0.856. The number of aromatic nitrogens is 4. The zero-order chi connectivity index (χ0) is 21.6. The van der Waals surface area contributed by atoms with Crippen LogP contribution in [0, 0.1) is 27.7 Å². The maximum Gasteiger partial charge on any atom is 0.133 e. The Labute approximate surface area is 177 Å². The minimum atomic E-state index is 0.856. The number of hydrogen-bond donors (Lipinski definition) is 1. The van der Waals surface area contributed by atoms with Crippen molar-refractivity contribution in [3.05, 3.63) is 114 Å². The fourth-order valence-electron chi connectivity index (χ4n) is 2.37. The second-order valence-corrected chi connectivity index (χ2v) is 6.72. The molecule has 5 rings (SSSR count). The molecule has 5 heteroatoms. The highest BCUT2D eigenvalue weighted by Gasteiger charge is 1.92. The van der Waals surface area contributed by atoms with Gasteiger partial charge in [0.2, 0.25) is 0 Å². The molecule has 0 saturated carbocycles. The number of rotatable bonds is 0. The lowest BCUT2D eigenvalue weighted by Crippen LogP contribution is -1.69. The molecule has 1 N–H and O–H groups in total. The van der Waals surface area contributed by atoms with E-state index in [1.54, 1.807) is 30.9 Å². The summed E-state index contributed by atoms with van der Waals surface area (Å²) in [5.74, 6) is 0.856. The molecule has 0 aliphatic carbocycles. The summed E-state index contributed by atoms with van der Waals surface area (Å²) in [6, 6.07) is 20.1. The molecule has 4 aromatic heterocycles. The summed E-state index contributed by atoms with van der Waals surface area (Å²) in [6.45, 7) is 7.99.